The first kappa shape index (κ1) is 15.5. The Bertz CT molecular complexity index is 646. The van der Waals surface area contributed by atoms with Crippen molar-refractivity contribution in [3.63, 3.8) is 0 Å². The highest BCUT2D eigenvalue weighted by atomic mass is 16.2. The summed E-state index contributed by atoms with van der Waals surface area (Å²) in [5, 5.41) is 14.3. The number of hydrogen-bond acceptors (Lipinski definition) is 4. The number of anilines is 2. The smallest absolute Gasteiger partial charge is 0.272 e. The summed E-state index contributed by atoms with van der Waals surface area (Å²) in [6, 6.07) is 11.8. The number of aromatic nitrogens is 2. The summed E-state index contributed by atoms with van der Waals surface area (Å²) < 4.78 is 0. The average molecular weight is 310 g/mol. The van der Waals surface area contributed by atoms with Crippen LogP contribution in [0.15, 0.2) is 36.4 Å². The Morgan fingerprint density at radius 3 is 2.39 bits per heavy atom. The SMILES string of the molecule is Cc1ccc(Nc2ccc(C(=O)NC3CCCCC3)nn2)cc1. The molecule has 1 amide bonds. The second-order valence-electron chi connectivity index (χ2n) is 6.10. The van der Waals surface area contributed by atoms with Crippen LogP contribution in [0.2, 0.25) is 0 Å². The third kappa shape index (κ3) is 4.28. The lowest BCUT2D eigenvalue weighted by molar-refractivity contribution is 0.0921. The zero-order chi connectivity index (χ0) is 16.1. The van der Waals surface area contributed by atoms with Gasteiger partial charge in [-0.05, 0) is 44.0 Å². The number of carbonyl (C=O) groups excluding carboxylic acids is 1. The minimum Gasteiger partial charge on any atom is -0.348 e. The number of rotatable bonds is 4. The van der Waals surface area contributed by atoms with Gasteiger partial charge in [-0.3, -0.25) is 4.79 Å². The molecule has 5 nitrogen and oxygen atoms in total. The molecule has 0 saturated heterocycles. The molecule has 5 heteroatoms. The molecule has 3 rings (SSSR count). The first-order chi connectivity index (χ1) is 11.2. The van der Waals surface area contributed by atoms with Gasteiger partial charge in [-0.25, -0.2) is 0 Å². The van der Waals surface area contributed by atoms with Crippen molar-refractivity contribution < 1.29 is 4.79 Å². The summed E-state index contributed by atoms with van der Waals surface area (Å²) in [5.41, 5.74) is 2.52. The second-order valence-corrected chi connectivity index (χ2v) is 6.10. The maximum Gasteiger partial charge on any atom is 0.272 e. The van der Waals surface area contributed by atoms with Crippen LogP contribution in [0, 0.1) is 6.92 Å². The quantitative estimate of drug-likeness (QED) is 0.905. The molecule has 1 aromatic heterocycles. The predicted molar refractivity (Wildman–Crippen MR) is 90.8 cm³/mol. The monoisotopic (exact) mass is 310 g/mol. The van der Waals surface area contributed by atoms with Crippen LogP contribution in [0.4, 0.5) is 11.5 Å². The van der Waals surface area contributed by atoms with Gasteiger partial charge in [-0.1, -0.05) is 37.0 Å². The minimum absolute atomic E-state index is 0.133. The van der Waals surface area contributed by atoms with Crippen LogP contribution in [-0.4, -0.2) is 22.1 Å². The van der Waals surface area contributed by atoms with Gasteiger partial charge in [-0.2, -0.15) is 0 Å². The molecule has 0 bridgehead atoms. The van der Waals surface area contributed by atoms with Crippen molar-refractivity contribution in [2.45, 2.75) is 45.1 Å². The molecule has 120 valence electrons. The molecule has 1 fully saturated rings. The van der Waals surface area contributed by atoms with E-state index in [-0.39, 0.29) is 11.9 Å². The van der Waals surface area contributed by atoms with Crippen LogP contribution < -0.4 is 10.6 Å². The van der Waals surface area contributed by atoms with Gasteiger partial charge in [-0.15, -0.1) is 10.2 Å². The molecule has 0 aliphatic heterocycles. The summed E-state index contributed by atoms with van der Waals surface area (Å²) in [6.45, 7) is 2.04. The largest absolute Gasteiger partial charge is 0.348 e. The molecule has 0 radical (unpaired) electrons. The maximum absolute atomic E-state index is 12.2. The first-order valence-corrected chi connectivity index (χ1v) is 8.19. The van der Waals surface area contributed by atoms with Gasteiger partial charge in [0.1, 0.15) is 0 Å². The van der Waals surface area contributed by atoms with Crippen LogP contribution >= 0.6 is 0 Å². The highest BCUT2D eigenvalue weighted by molar-refractivity contribution is 5.92. The second kappa shape index (κ2) is 7.22. The molecule has 2 aromatic rings. The number of carbonyl (C=O) groups is 1. The van der Waals surface area contributed by atoms with Crippen LogP contribution in [0.3, 0.4) is 0 Å². The minimum atomic E-state index is -0.133. The van der Waals surface area contributed by atoms with Crippen molar-refractivity contribution >= 4 is 17.4 Å². The number of aryl methyl sites for hydroxylation is 1. The molecule has 0 atom stereocenters. The third-order valence-electron chi connectivity index (χ3n) is 4.16. The molecule has 1 aromatic carbocycles. The molecule has 1 aliphatic rings. The molecule has 1 saturated carbocycles. The van der Waals surface area contributed by atoms with E-state index < -0.39 is 0 Å². The standard InChI is InChI=1S/C18H22N4O/c1-13-7-9-15(10-8-13)19-17-12-11-16(21-22-17)18(23)20-14-5-3-2-4-6-14/h7-12,14H,2-6H2,1H3,(H,19,22)(H,20,23). The van der Waals surface area contributed by atoms with Crippen molar-refractivity contribution in [1.82, 2.24) is 15.5 Å². The van der Waals surface area contributed by atoms with Crippen LogP contribution in [0.1, 0.15) is 48.2 Å². The molecule has 1 heterocycles. The van der Waals surface area contributed by atoms with Crippen LogP contribution in [-0.2, 0) is 0 Å². The lowest BCUT2D eigenvalue weighted by Crippen LogP contribution is -2.36. The predicted octanol–water partition coefficient (Wildman–Crippen LogP) is 3.59. The van der Waals surface area contributed by atoms with Crippen molar-refractivity contribution in [1.29, 1.82) is 0 Å². The third-order valence-corrected chi connectivity index (χ3v) is 4.16. The summed E-state index contributed by atoms with van der Waals surface area (Å²) in [7, 11) is 0. The van der Waals surface area contributed by atoms with Gasteiger partial charge in [0.05, 0.1) is 0 Å². The fourth-order valence-corrected chi connectivity index (χ4v) is 2.81. The van der Waals surface area contributed by atoms with Gasteiger partial charge < -0.3 is 10.6 Å². The van der Waals surface area contributed by atoms with E-state index >= 15 is 0 Å². The van der Waals surface area contributed by atoms with Crippen molar-refractivity contribution in [3.8, 4) is 0 Å². The fourth-order valence-electron chi connectivity index (χ4n) is 2.81. The first-order valence-electron chi connectivity index (χ1n) is 8.19. The number of hydrogen-bond donors (Lipinski definition) is 2. The summed E-state index contributed by atoms with van der Waals surface area (Å²) in [6.07, 6.45) is 5.77. The zero-order valence-corrected chi connectivity index (χ0v) is 13.4. The van der Waals surface area contributed by atoms with E-state index in [9.17, 15) is 4.79 Å². The molecule has 1 aliphatic carbocycles. The van der Waals surface area contributed by atoms with E-state index in [2.05, 4.69) is 20.8 Å². The number of nitrogens with one attached hydrogen (secondary N) is 2. The van der Waals surface area contributed by atoms with Gasteiger partial charge >= 0.3 is 0 Å². The number of amides is 1. The van der Waals surface area contributed by atoms with Crippen molar-refractivity contribution in [3.05, 3.63) is 47.7 Å². The van der Waals surface area contributed by atoms with E-state index in [0.717, 1.165) is 18.5 Å². The van der Waals surface area contributed by atoms with Gasteiger partial charge in [0, 0.05) is 11.7 Å². The van der Waals surface area contributed by atoms with Crippen LogP contribution in [0.5, 0.6) is 0 Å². The van der Waals surface area contributed by atoms with Gasteiger partial charge in [0.25, 0.3) is 5.91 Å². The fraction of sp³-hybridized carbons (Fsp3) is 0.389. The van der Waals surface area contributed by atoms with Crippen LogP contribution in [0.25, 0.3) is 0 Å². The molecule has 2 N–H and O–H groups in total. The van der Waals surface area contributed by atoms with E-state index in [1.165, 1.54) is 24.8 Å². The van der Waals surface area contributed by atoms with E-state index in [4.69, 9.17) is 0 Å². The Morgan fingerprint density at radius 2 is 1.74 bits per heavy atom. The zero-order valence-electron chi connectivity index (χ0n) is 13.4. The summed E-state index contributed by atoms with van der Waals surface area (Å²) in [4.78, 5) is 12.2. The highest BCUT2D eigenvalue weighted by Gasteiger charge is 2.17. The van der Waals surface area contributed by atoms with E-state index in [0.29, 0.717) is 11.5 Å². The van der Waals surface area contributed by atoms with Gasteiger partial charge in [0.2, 0.25) is 0 Å². The number of benzene rings is 1. The normalized spacial score (nSPS) is 15.2. The topological polar surface area (TPSA) is 66.9 Å². The summed E-state index contributed by atoms with van der Waals surface area (Å²) >= 11 is 0. The molecule has 23 heavy (non-hydrogen) atoms. The molecular weight excluding hydrogens is 288 g/mol. The van der Waals surface area contributed by atoms with Gasteiger partial charge in [0.15, 0.2) is 11.5 Å². The van der Waals surface area contributed by atoms with Crippen molar-refractivity contribution in [2.75, 3.05) is 5.32 Å². The molecule has 0 spiro atoms. The average Bonchev–Trinajstić information content (AvgIpc) is 2.58. The Balaban J connectivity index is 1.59. The maximum atomic E-state index is 12.2. The Hall–Kier alpha value is -2.43. The Labute approximate surface area is 136 Å². The summed E-state index contributed by atoms with van der Waals surface area (Å²) in [5.74, 6) is 0.495. The van der Waals surface area contributed by atoms with E-state index in [1.807, 2.05) is 31.2 Å². The lowest BCUT2D eigenvalue weighted by Gasteiger charge is -2.22. The lowest BCUT2D eigenvalue weighted by atomic mass is 9.95. The van der Waals surface area contributed by atoms with Crippen molar-refractivity contribution in [2.24, 2.45) is 0 Å². The molecule has 0 unspecified atom stereocenters. The number of nitrogens with zero attached hydrogens (tertiary/aromatic N) is 2. The van der Waals surface area contributed by atoms with E-state index in [1.54, 1.807) is 12.1 Å². The highest BCUT2D eigenvalue weighted by Crippen LogP contribution is 2.18. The Morgan fingerprint density at radius 1 is 1.00 bits per heavy atom. The Kier molecular flexibility index (Phi) is 4.86. The molecular formula is C18H22N4O.